The number of guanidine groups is 1. The SMILES string of the molecule is O=[N+]([O-])/N=C(/Nc1ccc(OC(F)(F)F)cc1)N1CCCC(C2c3ccccc3CCc3ccccc32)C1. The quantitative estimate of drug-likeness (QED) is 0.191. The first-order chi connectivity index (χ1) is 18.3. The topological polar surface area (TPSA) is 80.0 Å². The standard InChI is InChI=1S/C28H27F3N4O3/c29-28(30,31)38-23-15-13-22(14-16-23)32-27(33-35(36)37)34-17-5-8-21(18-34)26-24-9-3-1-6-19(24)11-12-20-7-2-4-10-25(20)26/h1-4,6-7,9-10,13-16,21,26H,5,8,11-12,17-18H2,(H,32,33). The number of hydrogen-bond acceptors (Lipinski definition) is 3. The number of nitro groups is 1. The number of halogens is 3. The van der Waals surface area contributed by atoms with Crippen LogP contribution in [0.25, 0.3) is 0 Å². The summed E-state index contributed by atoms with van der Waals surface area (Å²) in [6, 6.07) is 22.0. The average Bonchev–Trinajstić information content (AvgIpc) is 3.05. The number of fused-ring (bicyclic) bond motifs is 2. The lowest BCUT2D eigenvalue weighted by atomic mass is 9.75. The Bertz CT molecular complexity index is 1280. The fourth-order valence-corrected chi connectivity index (χ4v) is 5.66. The molecule has 1 aliphatic carbocycles. The van der Waals surface area contributed by atoms with E-state index in [1.165, 1.54) is 34.4 Å². The smallest absolute Gasteiger partial charge is 0.406 e. The molecule has 0 radical (unpaired) electrons. The van der Waals surface area contributed by atoms with E-state index in [0.717, 1.165) is 37.8 Å². The Morgan fingerprint density at radius 1 is 0.974 bits per heavy atom. The van der Waals surface area contributed by atoms with Crippen LogP contribution < -0.4 is 10.1 Å². The van der Waals surface area contributed by atoms with Crippen LogP contribution >= 0.6 is 0 Å². The Morgan fingerprint density at radius 3 is 2.16 bits per heavy atom. The summed E-state index contributed by atoms with van der Waals surface area (Å²) in [4.78, 5) is 13.3. The van der Waals surface area contributed by atoms with Gasteiger partial charge < -0.3 is 15.0 Å². The molecule has 10 heteroatoms. The van der Waals surface area contributed by atoms with E-state index in [-0.39, 0.29) is 23.5 Å². The lowest BCUT2D eigenvalue weighted by Crippen LogP contribution is -2.45. The molecule has 198 valence electrons. The van der Waals surface area contributed by atoms with E-state index in [9.17, 15) is 23.3 Å². The highest BCUT2D eigenvalue weighted by Gasteiger charge is 2.35. The van der Waals surface area contributed by atoms with E-state index < -0.39 is 11.4 Å². The highest BCUT2D eigenvalue weighted by Crippen LogP contribution is 2.42. The molecule has 1 unspecified atom stereocenters. The molecule has 1 aliphatic heterocycles. The zero-order valence-corrected chi connectivity index (χ0v) is 20.5. The van der Waals surface area contributed by atoms with Gasteiger partial charge in [0.2, 0.25) is 0 Å². The Labute approximate surface area is 218 Å². The van der Waals surface area contributed by atoms with Crippen LogP contribution in [-0.4, -0.2) is 35.3 Å². The van der Waals surface area contributed by atoms with Gasteiger partial charge in [-0.25, -0.2) is 10.1 Å². The molecule has 0 saturated carbocycles. The minimum absolute atomic E-state index is 0.0550. The Morgan fingerprint density at radius 2 is 1.58 bits per heavy atom. The van der Waals surface area contributed by atoms with Gasteiger partial charge in [0.15, 0.2) is 5.03 Å². The number of hydrogen-bond donors (Lipinski definition) is 1. The molecule has 0 amide bonds. The lowest BCUT2D eigenvalue weighted by molar-refractivity contribution is -0.485. The number of rotatable bonds is 4. The summed E-state index contributed by atoms with van der Waals surface area (Å²) in [6.45, 7) is 1.11. The number of ether oxygens (including phenoxy) is 1. The minimum Gasteiger partial charge on any atom is -0.406 e. The first-order valence-corrected chi connectivity index (χ1v) is 12.5. The van der Waals surface area contributed by atoms with E-state index >= 15 is 0 Å². The van der Waals surface area contributed by atoms with Crippen molar-refractivity contribution in [3.05, 3.63) is 105 Å². The van der Waals surface area contributed by atoms with Crippen LogP contribution in [-0.2, 0) is 12.8 Å². The molecule has 1 N–H and O–H groups in total. The monoisotopic (exact) mass is 524 g/mol. The van der Waals surface area contributed by atoms with Crippen LogP contribution in [0.4, 0.5) is 18.9 Å². The van der Waals surface area contributed by atoms with Crippen molar-refractivity contribution in [1.29, 1.82) is 0 Å². The molecule has 3 aromatic rings. The summed E-state index contributed by atoms with van der Waals surface area (Å²) in [7, 11) is 0. The van der Waals surface area contributed by atoms with Crippen LogP contribution in [0.3, 0.4) is 0 Å². The van der Waals surface area contributed by atoms with Gasteiger partial charge in [-0.3, -0.25) is 0 Å². The number of piperidine rings is 1. The molecule has 1 heterocycles. The summed E-state index contributed by atoms with van der Waals surface area (Å²) in [6.07, 6.45) is -1.10. The van der Waals surface area contributed by atoms with Crippen molar-refractivity contribution in [2.45, 2.75) is 38.0 Å². The largest absolute Gasteiger partial charge is 0.573 e. The maximum absolute atomic E-state index is 12.5. The molecule has 0 spiro atoms. The number of aryl methyl sites for hydroxylation is 2. The molecule has 7 nitrogen and oxygen atoms in total. The second kappa shape index (κ2) is 10.7. The van der Waals surface area contributed by atoms with Gasteiger partial charge in [-0.2, -0.15) is 0 Å². The van der Waals surface area contributed by atoms with E-state index in [1.54, 1.807) is 0 Å². The van der Waals surface area contributed by atoms with Gasteiger partial charge in [-0.1, -0.05) is 48.5 Å². The number of hydrazone groups is 1. The zero-order chi connectivity index (χ0) is 26.7. The summed E-state index contributed by atoms with van der Waals surface area (Å²) in [5.74, 6) is 0.00718. The number of likely N-dealkylation sites (tertiary alicyclic amines) is 1. The van der Waals surface area contributed by atoms with Gasteiger partial charge in [0, 0.05) is 24.7 Å². The molecule has 5 rings (SSSR count). The molecule has 3 aromatic carbocycles. The van der Waals surface area contributed by atoms with Crippen LogP contribution in [0.1, 0.15) is 41.0 Å². The fraction of sp³-hybridized carbons (Fsp3) is 0.321. The minimum atomic E-state index is -4.80. The van der Waals surface area contributed by atoms with Gasteiger partial charge in [0.25, 0.3) is 5.96 Å². The molecular formula is C28H27F3N4O3. The van der Waals surface area contributed by atoms with E-state index in [0.29, 0.717) is 18.8 Å². The predicted octanol–water partition coefficient (Wildman–Crippen LogP) is 6.19. The number of anilines is 1. The molecule has 38 heavy (non-hydrogen) atoms. The first-order valence-electron chi connectivity index (χ1n) is 12.5. The Kier molecular flexibility index (Phi) is 7.22. The molecule has 1 fully saturated rings. The maximum atomic E-state index is 12.5. The fourth-order valence-electron chi connectivity index (χ4n) is 5.66. The summed E-state index contributed by atoms with van der Waals surface area (Å²) in [5, 5.41) is 17.2. The molecule has 0 bridgehead atoms. The molecule has 0 aromatic heterocycles. The first kappa shape index (κ1) is 25.6. The van der Waals surface area contributed by atoms with Crippen LogP contribution in [0.5, 0.6) is 5.75 Å². The number of benzene rings is 3. The normalized spacial score (nSPS) is 18.2. The molecule has 1 atom stereocenters. The molecular weight excluding hydrogens is 497 g/mol. The van der Waals surface area contributed by atoms with Crippen LogP contribution in [0.2, 0.25) is 0 Å². The van der Waals surface area contributed by atoms with Gasteiger partial charge in [-0.15, -0.1) is 13.2 Å². The van der Waals surface area contributed by atoms with E-state index in [2.05, 4.69) is 63.7 Å². The lowest BCUT2D eigenvalue weighted by Gasteiger charge is -2.38. The van der Waals surface area contributed by atoms with Gasteiger partial charge >= 0.3 is 6.36 Å². The Balaban J connectivity index is 1.41. The van der Waals surface area contributed by atoms with Gasteiger partial charge in [0.05, 0.1) is 0 Å². The van der Waals surface area contributed by atoms with Crippen molar-refractivity contribution in [2.75, 3.05) is 18.4 Å². The molecule has 2 aliphatic rings. The predicted molar refractivity (Wildman–Crippen MR) is 138 cm³/mol. The second-order valence-electron chi connectivity index (χ2n) is 9.58. The van der Waals surface area contributed by atoms with Crippen molar-refractivity contribution in [3.8, 4) is 5.75 Å². The van der Waals surface area contributed by atoms with Crippen LogP contribution in [0.15, 0.2) is 77.9 Å². The average molecular weight is 525 g/mol. The molecule has 1 saturated heterocycles. The van der Waals surface area contributed by atoms with Crippen molar-refractivity contribution >= 4 is 11.6 Å². The summed E-state index contributed by atoms with van der Waals surface area (Å²) in [5.41, 5.74) is 5.61. The summed E-state index contributed by atoms with van der Waals surface area (Å²) >= 11 is 0. The zero-order valence-electron chi connectivity index (χ0n) is 20.5. The van der Waals surface area contributed by atoms with Gasteiger partial charge in [-0.05, 0) is 78.1 Å². The highest BCUT2D eigenvalue weighted by molar-refractivity contribution is 5.93. The number of alkyl halides is 3. The second-order valence-corrected chi connectivity index (χ2v) is 9.58. The van der Waals surface area contributed by atoms with Crippen molar-refractivity contribution in [2.24, 2.45) is 11.0 Å². The third kappa shape index (κ3) is 5.90. The number of nitrogens with zero attached hydrogens (tertiary/aromatic N) is 3. The van der Waals surface area contributed by atoms with Crippen molar-refractivity contribution in [3.63, 3.8) is 0 Å². The van der Waals surface area contributed by atoms with E-state index in [4.69, 9.17) is 0 Å². The van der Waals surface area contributed by atoms with Crippen LogP contribution in [0, 0.1) is 16.0 Å². The third-order valence-corrected chi connectivity index (χ3v) is 7.19. The maximum Gasteiger partial charge on any atom is 0.573 e. The van der Waals surface area contributed by atoms with Crippen molar-refractivity contribution < 1.29 is 22.9 Å². The third-order valence-electron chi connectivity index (χ3n) is 7.19. The highest BCUT2D eigenvalue weighted by atomic mass is 19.4. The summed E-state index contributed by atoms with van der Waals surface area (Å²) < 4.78 is 41.4. The number of nitrogens with one attached hydrogen (secondary N) is 1. The van der Waals surface area contributed by atoms with Gasteiger partial charge in [0.1, 0.15) is 10.9 Å². The van der Waals surface area contributed by atoms with Crippen molar-refractivity contribution in [1.82, 2.24) is 4.90 Å². The van der Waals surface area contributed by atoms with E-state index in [1.807, 2.05) is 4.90 Å². The Hall–Kier alpha value is -4.08.